The number of methoxy groups -OCH3 is 1. The van der Waals surface area contributed by atoms with Crippen LogP contribution in [0.4, 0.5) is 5.69 Å². The van der Waals surface area contributed by atoms with Crippen LogP contribution in [0.1, 0.15) is 45.6 Å². The molecular formula is C27H39N3O5S. The van der Waals surface area contributed by atoms with Crippen LogP contribution in [-0.4, -0.2) is 63.7 Å². The smallest absolute Gasteiger partial charge is 0.242 e. The molecule has 36 heavy (non-hydrogen) atoms. The summed E-state index contributed by atoms with van der Waals surface area (Å²) >= 11 is 0. The van der Waals surface area contributed by atoms with Gasteiger partial charge in [0.1, 0.15) is 11.8 Å². The fourth-order valence-corrected chi connectivity index (χ4v) is 5.00. The zero-order valence-corrected chi connectivity index (χ0v) is 22.8. The Balaban J connectivity index is 2.16. The maximum absolute atomic E-state index is 13.4. The number of amides is 2. The van der Waals surface area contributed by atoms with Crippen molar-refractivity contribution in [2.75, 3.05) is 30.8 Å². The van der Waals surface area contributed by atoms with Crippen LogP contribution in [0, 0.1) is 0 Å². The van der Waals surface area contributed by atoms with Crippen molar-refractivity contribution in [3.05, 3.63) is 60.2 Å². The van der Waals surface area contributed by atoms with Crippen LogP contribution < -0.4 is 14.4 Å². The molecular weight excluding hydrogens is 478 g/mol. The van der Waals surface area contributed by atoms with Gasteiger partial charge in [0.05, 0.1) is 19.1 Å². The van der Waals surface area contributed by atoms with E-state index < -0.39 is 16.1 Å². The van der Waals surface area contributed by atoms with Gasteiger partial charge < -0.3 is 15.0 Å². The summed E-state index contributed by atoms with van der Waals surface area (Å²) in [6, 6.07) is 16.0. The second-order valence-electron chi connectivity index (χ2n) is 9.05. The highest BCUT2D eigenvalue weighted by Crippen LogP contribution is 2.23. The fourth-order valence-electron chi connectivity index (χ4n) is 4.05. The normalized spacial score (nSPS) is 12.2. The van der Waals surface area contributed by atoms with Gasteiger partial charge >= 0.3 is 0 Å². The van der Waals surface area contributed by atoms with Crippen molar-refractivity contribution in [3.8, 4) is 5.75 Å². The Kier molecular flexibility index (Phi) is 11.2. The van der Waals surface area contributed by atoms with Crippen molar-refractivity contribution >= 4 is 27.5 Å². The molecule has 1 N–H and O–H groups in total. The number of hydrogen-bond donors (Lipinski definition) is 1. The van der Waals surface area contributed by atoms with Gasteiger partial charge in [-0.15, -0.1) is 0 Å². The first kappa shape index (κ1) is 29.2. The average molecular weight is 518 g/mol. The molecule has 2 aromatic rings. The van der Waals surface area contributed by atoms with Crippen molar-refractivity contribution in [2.45, 2.75) is 58.5 Å². The molecule has 9 heteroatoms. The van der Waals surface area contributed by atoms with E-state index in [9.17, 15) is 18.0 Å². The SMILES string of the molecule is CC[C@@H](C(=O)NC(C)C)N(CCc1ccccc1)C(=O)CCCN(c1cccc(OC)c1)S(C)(=O)=O. The van der Waals surface area contributed by atoms with Gasteiger partial charge in [-0.2, -0.15) is 0 Å². The Bertz CT molecular complexity index is 1090. The van der Waals surface area contributed by atoms with Crippen LogP contribution in [0.15, 0.2) is 54.6 Å². The van der Waals surface area contributed by atoms with E-state index in [1.165, 1.54) is 11.4 Å². The monoisotopic (exact) mass is 517 g/mol. The first-order chi connectivity index (χ1) is 17.1. The molecule has 0 radical (unpaired) electrons. The third-order valence-electron chi connectivity index (χ3n) is 5.79. The minimum Gasteiger partial charge on any atom is -0.497 e. The predicted molar refractivity (Wildman–Crippen MR) is 144 cm³/mol. The molecule has 0 aromatic heterocycles. The number of ether oxygens (including phenoxy) is 1. The maximum atomic E-state index is 13.4. The van der Waals surface area contributed by atoms with Gasteiger partial charge in [0, 0.05) is 31.6 Å². The third kappa shape index (κ3) is 8.86. The van der Waals surface area contributed by atoms with Crippen molar-refractivity contribution < 1.29 is 22.7 Å². The lowest BCUT2D eigenvalue weighted by atomic mass is 10.1. The number of carbonyl (C=O) groups excluding carboxylic acids is 2. The topological polar surface area (TPSA) is 96.0 Å². The Labute approximate surface area is 215 Å². The Morgan fingerprint density at radius 2 is 1.72 bits per heavy atom. The van der Waals surface area contributed by atoms with Crippen molar-refractivity contribution in [1.82, 2.24) is 10.2 Å². The summed E-state index contributed by atoms with van der Waals surface area (Å²) in [6.45, 7) is 6.21. The van der Waals surface area contributed by atoms with Crippen molar-refractivity contribution in [1.29, 1.82) is 0 Å². The highest BCUT2D eigenvalue weighted by Gasteiger charge is 2.28. The second-order valence-corrected chi connectivity index (χ2v) is 11.0. The summed E-state index contributed by atoms with van der Waals surface area (Å²) in [5.74, 6) is 0.199. The van der Waals surface area contributed by atoms with Gasteiger partial charge in [-0.1, -0.05) is 43.3 Å². The molecule has 0 saturated heterocycles. The van der Waals surface area contributed by atoms with E-state index in [2.05, 4.69) is 5.32 Å². The summed E-state index contributed by atoms with van der Waals surface area (Å²) in [5, 5.41) is 2.92. The van der Waals surface area contributed by atoms with E-state index in [0.717, 1.165) is 11.8 Å². The quantitative estimate of drug-likeness (QED) is 0.413. The number of carbonyl (C=O) groups is 2. The molecule has 0 aliphatic rings. The summed E-state index contributed by atoms with van der Waals surface area (Å²) < 4.78 is 31.5. The lowest BCUT2D eigenvalue weighted by Gasteiger charge is -2.31. The van der Waals surface area contributed by atoms with Gasteiger partial charge in [-0.25, -0.2) is 8.42 Å². The number of hydrogen-bond acceptors (Lipinski definition) is 5. The van der Waals surface area contributed by atoms with E-state index in [1.54, 1.807) is 29.2 Å². The number of sulfonamides is 1. The number of anilines is 1. The molecule has 0 heterocycles. The summed E-state index contributed by atoms with van der Waals surface area (Å²) in [6.07, 6.45) is 2.68. The van der Waals surface area contributed by atoms with Gasteiger partial charge in [0.15, 0.2) is 0 Å². The Hall–Kier alpha value is -3.07. The maximum Gasteiger partial charge on any atom is 0.242 e. The van der Waals surface area contributed by atoms with Gasteiger partial charge in [0.2, 0.25) is 21.8 Å². The Morgan fingerprint density at radius 3 is 2.31 bits per heavy atom. The average Bonchev–Trinajstić information content (AvgIpc) is 2.83. The zero-order valence-electron chi connectivity index (χ0n) is 21.9. The standard InChI is InChI=1S/C27H39N3O5S/c1-6-25(27(32)28-21(2)3)29(19-17-22-12-8-7-9-13-22)26(31)16-11-18-30(36(5,33)34)23-14-10-15-24(20-23)35-4/h7-10,12-15,20-21,25H,6,11,16-19H2,1-5H3,(H,28,32)/t25-/m0/s1. The molecule has 0 aliphatic carbocycles. The fraction of sp³-hybridized carbons (Fsp3) is 0.481. The van der Waals surface area contributed by atoms with Crippen LogP contribution in [-0.2, 0) is 26.0 Å². The molecule has 2 aromatic carbocycles. The number of benzene rings is 2. The van der Waals surface area contributed by atoms with Gasteiger partial charge in [0.25, 0.3) is 0 Å². The first-order valence-corrected chi connectivity index (χ1v) is 14.2. The van der Waals surface area contributed by atoms with E-state index in [-0.39, 0.29) is 30.8 Å². The first-order valence-electron chi connectivity index (χ1n) is 12.3. The lowest BCUT2D eigenvalue weighted by Crippen LogP contribution is -2.51. The van der Waals surface area contributed by atoms with Crippen molar-refractivity contribution in [2.24, 2.45) is 0 Å². The summed E-state index contributed by atoms with van der Waals surface area (Å²) in [5.41, 5.74) is 1.56. The number of rotatable bonds is 14. The highest BCUT2D eigenvalue weighted by atomic mass is 32.2. The van der Waals surface area contributed by atoms with Crippen LogP contribution in [0.2, 0.25) is 0 Å². The van der Waals surface area contributed by atoms with E-state index >= 15 is 0 Å². The summed E-state index contributed by atoms with van der Waals surface area (Å²) in [4.78, 5) is 27.9. The van der Waals surface area contributed by atoms with Crippen LogP contribution in [0.5, 0.6) is 5.75 Å². The molecule has 0 bridgehead atoms. The Morgan fingerprint density at radius 1 is 1.03 bits per heavy atom. The third-order valence-corrected chi connectivity index (χ3v) is 6.99. The van der Waals surface area contributed by atoms with Crippen LogP contribution >= 0.6 is 0 Å². The number of nitrogens with one attached hydrogen (secondary N) is 1. The summed E-state index contributed by atoms with van der Waals surface area (Å²) in [7, 11) is -2.05. The molecule has 2 amide bonds. The van der Waals surface area contributed by atoms with E-state index in [4.69, 9.17) is 4.74 Å². The lowest BCUT2D eigenvalue weighted by molar-refractivity contribution is -0.141. The molecule has 0 fully saturated rings. The van der Waals surface area contributed by atoms with Crippen molar-refractivity contribution in [3.63, 3.8) is 0 Å². The largest absolute Gasteiger partial charge is 0.497 e. The molecule has 0 spiro atoms. The molecule has 0 saturated carbocycles. The van der Waals surface area contributed by atoms with Gasteiger partial charge in [-0.05, 0) is 50.8 Å². The minimum atomic E-state index is -3.57. The molecule has 0 aliphatic heterocycles. The molecule has 1 atom stereocenters. The van der Waals surface area contributed by atoms with Crippen LogP contribution in [0.3, 0.4) is 0 Å². The molecule has 198 valence electrons. The molecule has 8 nitrogen and oxygen atoms in total. The zero-order chi connectivity index (χ0) is 26.7. The number of nitrogens with zero attached hydrogens (tertiary/aromatic N) is 2. The second kappa shape index (κ2) is 13.9. The van der Waals surface area contributed by atoms with E-state index in [0.29, 0.717) is 37.2 Å². The molecule has 0 unspecified atom stereocenters. The van der Waals surface area contributed by atoms with E-state index in [1.807, 2.05) is 51.1 Å². The predicted octanol–water partition coefficient (Wildman–Crippen LogP) is 3.62. The molecule has 2 rings (SSSR count). The minimum absolute atomic E-state index is 0.0381. The van der Waals surface area contributed by atoms with Crippen LogP contribution in [0.25, 0.3) is 0 Å². The van der Waals surface area contributed by atoms with Gasteiger partial charge in [-0.3, -0.25) is 13.9 Å². The highest BCUT2D eigenvalue weighted by molar-refractivity contribution is 7.92.